The van der Waals surface area contributed by atoms with Gasteiger partial charge in [-0.3, -0.25) is 52.7 Å². The third kappa shape index (κ3) is 17.3. The Labute approximate surface area is 416 Å². The molecular weight excluding hydrogens is 943 g/mol. The first-order valence-electron chi connectivity index (χ1n) is 23.8. The van der Waals surface area contributed by atoms with E-state index < -0.39 is 144 Å². The van der Waals surface area contributed by atoms with Crippen LogP contribution in [0.1, 0.15) is 85.6 Å². The van der Waals surface area contributed by atoms with E-state index in [2.05, 4.69) is 47.5 Å². The lowest BCUT2D eigenvalue weighted by Crippen LogP contribution is -2.62. The zero-order valence-corrected chi connectivity index (χ0v) is 41.4. The van der Waals surface area contributed by atoms with Crippen molar-refractivity contribution in [1.29, 1.82) is 0 Å². The average Bonchev–Trinajstić information content (AvgIpc) is 3.98. The minimum Gasteiger partial charge on any atom is -0.391 e. The Morgan fingerprint density at radius 3 is 1.97 bits per heavy atom. The summed E-state index contributed by atoms with van der Waals surface area (Å²) in [5.41, 5.74) is 17.7. The Morgan fingerprint density at radius 1 is 0.750 bits per heavy atom. The second kappa shape index (κ2) is 28.0. The number of aliphatic hydroxyl groups excluding tert-OH is 2. The number of aliphatic hydroxyl groups is 2. The molecule has 1 aromatic carbocycles. The highest BCUT2D eigenvalue weighted by atomic mass is 16.3. The van der Waals surface area contributed by atoms with Crippen molar-refractivity contribution in [1.82, 2.24) is 52.4 Å². The molecule has 3 rings (SSSR count). The van der Waals surface area contributed by atoms with E-state index in [-0.39, 0.29) is 38.8 Å². The van der Waals surface area contributed by atoms with Gasteiger partial charge < -0.3 is 79.8 Å². The molecule has 26 nitrogen and oxygen atoms in total. The molecule has 0 aliphatic carbocycles. The lowest BCUT2D eigenvalue weighted by atomic mass is 9.96. The maximum absolute atomic E-state index is 14.0. The number of carbonyl (C=O) groups excluding carboxylic acids is 11. The third-order valence-electron chi connectivity index (χ3n) is 12.1. The molecule has 1 aliphatic heterocycles. The van der Waals surface area contributed by atoms with Gasteiger partial charge in [0.05, 0.1) is 25.2 Å². The van der Waals surface area contributed by atoms with E-state index in [9.17, 15) is 63.0 Å². The fourth-order valence-corrected chi connectivity index (χ4v) is 7.88. The number of amides is 11. The highest BCUT2D eigenvalue weighted by Crippen LogP contribution is 2.22. The van der Waals surface area contributed by atoms with Crippen LogP contribution in [0.15, 0.2) is 30.5 Å². The van der Waals surface area contributed by atoms with Crippen molar-refractivity contribution in [3.05, 3.63) is 36.0 Å². The van der Waals surface area contributed by atoms with Gasteiger partial charge in [0, 0.05) is 37.0 Å². The number of benzene rings is 1. The predicted molar refractivity (Wildman–Crippen MR) is 259 cm³/mol. The van der Waals surface area contributed by atoms with Crippen molar-refractivity contribution in [2.24, 2.45) is 23.1 Å². The van der Waals surface area contributed by atoms with E-state index >= 15 is 0 Å². The van der Waals surface area contributed by atoms with Gasteiger partial charge in [-0.15, -0.1) is 0 Å². The van der Waals surface area contributed by atoms with Gasteiger partial charge in [0.2, 0.25) is 65.0 Å². The summed E-state index contributed by atoms with van der Waals surface area (Å²) < 4.78 is 0. The molecule has 11 amide bonds. The number of hydrogen-bond donors (Lipinski definition) is 14. The maximum Gasteiger partial charge on any atom is 0.248 e. The second-order valence-corrected chi connectivity index (χ2v) is 18.0. The van der Waals surface area contributed by atoms with Gasteiger partial charge in [0.15, 0.2) is 0 Å². The Bertz CT molecular complexity index is 2290. The number of primary amides is 2. The number of H-pyrrole nitrogens is 1. The van der Waals surface area contributed by atoms with Gasteiger partial charge in [-0.1, -0.05) is 38.5 Å². The molecule has 0 saturated carbocycles. The number of fused-ring (bicyclic) bond motifs is 1. The molecule has 2 aromatic rings. The van der Waals surface area contributed by atoms with E-state index in [4.69, 9.17) is 17.2 Å². The van der Waals surface area contributed by atoms with E-state index in [0.717, 1.165) is 15.8 Å². The van der Waals surface area contributed by atoms with Crippen molar-refractivity contribution in [3.8, 4) is 0 Å². The third-order valence-corrected chi connectivity index (χ3v) is 12.1. The number of hydrogen-bond acceptors (Lipinski definition) is 14. The monoisotopic (exact) mass is 1010 g/mol. The first kappa shape index (κ1) is 59.1. The van der Waals surface area contributed by atoms with Gasteiger partial charge in [0.25, 0.3) is 0 Å². The molecule has 17 N–H and O–H groups in total. The van der Waals surface area contributed by atoms with E-state index in [1.54, 1.807) is 44.3 Å². The molecule has 0 spiro atoms. The summed E-state index contributed by atoms with van der Waals surface area (Å²) in [4.78, 5) is 148. The number of aromatic nitrogens is 1. The summed E-state index contributed by atoms with van der Waals surface area (Å²) in [6.07, 6.45) is -1.00. The molecule has 2 heterocycles. The molecule has 1 aliphatic rings. The standard InChI is InChI=1S/C46H71N13O13/c1-7-22(2)36(57-41(67)30(14-10-16-47)53-26(6)62)44(70)58-38(25(5)61)46(72)59-17-11-15-33(59)43(69)54-32(19-34(48)63)40(66)51-21-35(64)56-37(24(4)60)45(71)55-31(42(68)52-23(3)39(49)65)18-27-20-50-29-13-9-8-12-28(27)29/h8-9,12-13,20,22-25,30-33,36-38,50,60-61H,7,10-11,14-19,21,47H2,1-6H3,(H2,48,63)(H2,49,65)(H,51,66)(H,52,68)(H,53,62)(H,54,69)(H,55,71)(H,56,64)(H,57,67)(H,58,70)/t22-,23-,24+,25+,30-,31-,32-,33-,36-,37-,38-/m0/s1. The molecule has 1 aromatic heterocycles. The van der Waals surface area contributed by atoms with E-state index in [0.29, 0.717) is 18.4 Å². The topological polar surface area (TPSA) is 422 Å². The predicted octanol–water partition coefficient (Wildman–Crippen LogP) is -4.84. The number of rotatable bonds is 28. The van der Waals surface area contributed by atoms with Crippen LogP contribution >= 0.6 is 0 Å². The highest BCUT2D eigenvalue weighted by Gasteiger charge is 2.42. The van der Waals surface area contributed by atoms with Gasteiger partial charge in [-0.25, -0.2) is 0 Å². The molecule has 0 unspecified atom stereocenters. The van der Waals surface area contributed by atoms with Crippen molar-refractivity contribution in [2.75, 3.05) is 19.6 Å². The van der Waals surface area contributed by atoms with Crippen LogP contribution in [0.25, 0.3) is 10.9 Å². The average molecular weight is 1010 g/mol. The largest absolute Gasteiger partial charge is 0.391 e. The fourth-order valence-electron chi connectivity index (χ4n) is 7.88. The molecule has 1 saturated heterocycles. The molecule has 0 radical (unpaired) electrons. The Kier molecular flexibility index (Phi) is 23.0. The van der Waals surface area contributed by atoms with Crippen molar-refractivity contribution >= 4 is 75.9 Å². The van der Waals surface area contributed by atoms with Crippen LogP contribution < -0.4 is 59.7 Å². The SMILES string of the molecule is CC[C@H](C)[C@H](NC(=O)[C@H](CCCN)NC(C)=O)C(=O)N[C@H](C(=O)N1CCC[C@H]1C(=O)N[C@@H](CC(N)=O)C(=O)NCC(=O)N[C@H](C(=O)N[C@@H](Cc1c[nH]c2ccccc12)C(=O)N[C@@H](C)C(N)=O)[C@@H](C)O)[C@@H](C)O. The Morgan fingerprint density at radius 2 is 1.38 bits per heavy atom. The first-order valence-corrected chi connectivity index (χ1v) is 23.8. The summed E-state index contributed by atoms with van der Waals surface area (Å²) in [5, 5.41) is 41.6. The Balaban J connectivity index is 1.72. The summed E-state index contributed by atoms with van der Waals surface area (Å²) in [6.45, 7) is 7.80. The summed E-state index contributed by atoms with van der Waals surface area (Å²) in [7, 11) is 0. The fraction of sp³-hybridized carbons (Fsp3) is 0.587. The minimum atomic E-state index is -1.70. The summed E-state index contributed by atoms with van der Waals surface area (Å²) in [6, 6.07) is -3.84. The first-order chi connectivity index (χ1) is 33.9. The number of para-hydroxylation sites is 1. The van der Waals surface area contributed by atoms with E-state index in [1.165, 1.54) is 27.7 Å². The van der Waals surface area contributed by atoms with Crippen molar-refractivity contribution in [3.63, 3.8) is 0 Å². The summed E-state index contributed by atoms with van der Waals surface area (Å²) in [5.74, 6) is -10.1. The van der Waals surface area contributed by atoms with Gasteiger partial charge >= 0.3 is 0 Å². The smallest absolute Gasteiger partial charge is 0.248 e. The van der Waals surface area contributed by atoms with Crippen molar-refractivity contribution in [2.45, 2.75) is 147 Å². The quantitative estimate of drug-likeness (QED) is 0.0381. The number of nitrogens with zero attached hydrogens (tertiary/aromatic N) is 1. The number of nitrogens with two attached hydrogens (primary N) is 3. The lowest BCUT2D eigenvalue weighted by Gasteiger charge is -2.32. The minimum absolute atomic E-state index is 0.0209. The number of aromatic amines is 1. The van der Waals surface area contributed by atoms with Crippen LogP contribution in [0.5, 0.6) is 0 Å². The molecule has 11 atom stereocenters. The van der Waals surface area contributed by atoms with Gasteiger partial charge in [-0.05, 0) is 70.5 Å². The second-order valence-electron chi connectivity index (χ2n) is 18.0. The zero-order chi connectivity index (χ0) is 54.0. The number of likely N-dealkylation sites (tertiary alicyclic amines) is 1. The summed E-state index contributed by atoms with van der Waals surface area (Å²) >= 11 is 0. The highest BCUT2D eigenvalue weighted by molar-refractivity contribution is 5.99. The maximum atomic E-state index is 14.0. The molecule has 0 bridgehead atoms. The van der Waals surface area contributed by atoms with E-state index in [1.807, 2.05) is 0 Å². The molecular formula is C46H71N13O13. The zero-order valence-electron chi connectivity index (χ0n) is 41.4. The lowest BCUT2D eigenvalue weighted by molar-refractivity contribution is -0.145. The van der Waals surface area contributed by atoms with Crippen LogP contribution in [-0.4, -0.2) is 165 Å². The van der Waals surface area contributed by atoms with Crippen LogP contribution in [-0.2, 0) is 59.2 Å². The van der Waals surface area contributed by atoms with Crippen LogP contribution in [0.4, 0.5) is 0 Å². The normalized spacial score (nSPS) is 17.5. The van der Waals surface area contributed by atoms with Gasteiger partial charge in [0.1, 0.15) is 48.3 Å². The molecule has 26 heteroatoms. The van der Waals surface area contributed by atoms with Gasteiger partial charge in [-0.2, -0.15) is 0 Å². The number of carbonyl (C=O) groups is 11. The van der Waals surface area contributed by atoms with Crippen LogP contribution in [0.2, 0.25) is 0 Å². The molecule has 398 valence electrons. The van der Waals surface area contributed by atoms with Crippen molar-refractivity contribution < 1.29 is 63.0 Å². The number of nitrogens with one attached hydrogen (secondary N) is 9. The molecule has 72 heavy (non-hydrogen) atoms. The molecule has 1 fully saturated rings. The van der Waals surface area contributed by atoms with Crippen LogP contribution in [0, 0.1) is 5.92 Å². The Hall–Kier alpha value is -7.19. The van der Waals surface area contributed by atoms with Crippen LogP contribution in [0.3, 0.4) is 0 Å².